The lowest BCUT2D eigenvalue weighted by Crippen LogP contribution is -2.16. The fraction of sp³-hybridized carbons (Fsp3) is 0.267. The summed E-state index contributed by atoms with van der Waals surface area (Å²) < 4.78 is 5.07. The summed E-state index contributed by atoms with van der Waals surface area (Å²) in [6.07, 6.45) is 2.53. The van der Waals surface area contributed by atoms with E-state index in [9.17, 15) is 10.1 Å². The second kappa shape index (κ2) is 7.35. The van der Waals surface area contributed by atoms with Gasteiger partial charge in [0.25, 0.3) is 5.69 Å². The molecule has 0 saturated carbocycles. The summed E-state index contributed by atoms with van der Waals surface area (Å²) in [6, 6.07) is 10.5. The van der Waals surface area contributed by atoms with Crippen LogP contribution in [0.5, 0.6) is 5.88 Å². The molecule has 2 rings (SSSR count). The van der Waals surface area contributed by atoms with Gasteiger partial charge in [-0.3, -0.25) is 10.1 Å². The third kappa shape index (κ3) is 4.54. The van der Waals surface area contributed by atoms with Gasteiger partial charge in [0, 0.05) is 30.9 Å². The normalized spacial score (nSPS) is 10.3. The Morgan fingerprint density at radius 1 is 1.24 bits per heavy atom. The molecule has 6 nitrogen and oxygen atoms in total. The number of non-ortho nitro benzene ring substituents is 1. The van der Waals surface area contributed by atoms with Crippen molar-refractivity contribution < 1.29 is 9.66 Å². The zero-order valence-corrected chi connectivity index (χ0v) is 11.8. The zero-order chi connectivity index (χ0) is 15.1. The molecular weight excluding hydrogens is 270 g/mol. The van der Waals surface area contributed by atoms with Gasteiger partial charge in [-0.15, -0.1) is 0 Å². The molecule has 0 atom stereocenters. The number of aromatic nitrogens is 1. The molecule has 1 aromatic carbocycles. The molecule has 0 fully saturated rings. The van der Waals surface area contributed by atoms with Gasteiger partial charge < -0.3 is 10.1 Å². The average Bonchev–Trinajstić information content (AvgIpc) is 2.52. The third-order valence-electron chi connectivity index (χ3n) is 3.08. The Morgan fingerprint density at radius 3 is 2.67 bits per heavy atom. The Kier molecular flexibility index (Phi) is 5.22. The fourth-order valence-corrected chi connectivity index (χ4v) is 1.92. The smallest absolute Gasteiger partial charge is 0.269 e. The summed E-state index contributed by atoms with van der Waals surface area (Å²) in [6.45, 7) is 1.52. The quantitative estimate of drug-likeness (QED) is 0.480. The molecule has 0 bridgehead atoms. The molecule has 0 amide bonds. The minimum absolute atomic E-state index is 0.121. The van der Waals surface area contributed by atoms with Gasteiger partial charge >= 0.3 is 0 Å². The highest BCUT2D eigenvalue weighted by Crippen LogP contribution is 2.12. The van der Waals surface area contributed by atoms with Crippen LogP contribution < -0.4 is 10.1 Å². The van der Waals surface area contributed by atoms with E-state index >= 15 is 0 Å². The predicted octanol–water partition coefficient (Wildman–Crippen LogP) is 2.33. The number of nitro benzene ring substituents is 1. The summed E-state index contributed by atoms with van der Waals surface area (Å²) in [5.41, 5.74) is 2.29. The van der Waals surface area contributed by atoms with E-state index in [1.807, 2.05) is 12.1 Å². The molecule has 0 spiro atoms. The number of nitrogens with one attached hydrogen (secondary N) is 1. The summed E-state index contributed by atoms with van der Waals surface area (Å²) in [7, 11) is 1.59. The minimum Gasteiger partial charge on any atom is -0.481 e. The van der Waals surface area contributed by atoms with Crippen LogP contribution in [-0.2, 0) is 13.0 Å². The van der Waals surface area contributed by atoms with E-state index in [-0.39, 0.29) is 5.69 Å². The first kappa shape index (κ1) is 14.9. The van der Waals surface area contributed by atoms with E-state index in [1.165, 1.54) is 12.1 Å². The van der Waals surface area contributed by atoms with E-state index in [4.69, 9.17) is 4.74 Å². The number of rotatable bonds is 7. The molecule has 0 radical (unpaired) electrons. The topological polar surface area (TPSA) is 77.3 Å². The van der Waals surface area contributed by atoms with Crippen molar-refractivity contribution in [1.82, 2.24) is 10.3 Å². The zero-order valence-electron chi connectivity index (χ0n) is 11.8. The van der Waals surface area contributed by atoms with Crippen LogP contribution >= 0.6 is 0 Å². The Bertz CT molecular complexity index is 599. The van der Waals surface area contributed by atoms with Gasteiger partial charge in [0.1, 0.15) is 0 Å². The van der Waals surface area contributed by atoms with Gasteiger partial charge in [0.05, 0.1) is 12.0 Å². The van der Waals surface area contributed by atoms with Crippen molar-refractivity contribution in [2.24, 2.45) is 0 Å². The number of hydrogen-bond acceptors (Lipinski definition) is 5. The lowest BCUT2D eigenvalue weighted by molar-refractivity contribution is -0.384. The monoisotopic (exact) mass is 287 g/mol. The molecule has 110 valence electrons. The van der Waals surface area contributed by atoms with Crippen molar-refractivity contribution in [3.05, 3.63) is 63.8 Å². The van der Waals surface area contributed by atoms with E-state index < -0.39 is 4.92 Å². The molecule has 0 aliphatic heterocycles. The van der Waals surface area contributed by atoms with Gasteiger partial charge in [-0.25, -0.2) is 4.98 Å². The molecule has 0 saturated heterocycles. The van der Waals surface area contributed by atoms with Crippen molar-refractivity contribution in [2.45, 2.75) is 13.0 Å². The highest BCUT2D eigenvalue weighted by atomic mass is 16.6. The van der Waals surface area contributed by atoms with E-state index in [0.717, 1.165) is 30.6 Å². The van der Waals surface area contributed by atoms with E-state index in [1.54, 1.807) is 25.4 Å². The van der Waals surface area contributed by atoms with Gasteiger partial charge in [0.15, 0.2) is 0 Å². The van der Waals surface area contributed by atoms with Crippen LogP contribution in [0.2, 0.25) is 0 Å². The van der Waals surface area contributed by atoms with Crippen LogP contribution in [0.4, 0.5) is 5.69 Å². The van der Waals surface area contributed by atoms with Crippen molar-refractivity contribution in [1.29, 1.82) is 0 Å². The van der Waals surface area contributed by atoms with Crippen LogP contribution in [0.3, 0.4) is 0 Å². The summed E-state index contributed by atoms with van der Waals surface area (Å²) in [5.74, 6) is 0.602. The molecular formula is C15H17N3O3. The first-order valence-electron chi connectivity index (χ1n) is 6.62. The fourth-order valence-electron chi connectivity index (χ4n) is 1.92. The summed E-state index contributed by atoms with van der Waals surface area (Å²) in [4.78, 5) is 14.2. The number of pyridine rings is 1. The highest BCUT2D eigenvalue weighted by Gasteiger charge is 2.03. The molecule has 0 aliphatic carbocycles. The minimum atomic E-state index is -0.390. The maximum atomic E-state index is 10.6. The average molecular weight is 287 g/mol. The van der Waals surface area contributed by atoms with Crippen LogP contribution in [0, 0.1) is 10.1 Å². The maximum Gasteiger partial charge on any atom is 0.269 e. The number of nitro groups is 1. The largest absolute Gasteiger partial charge is 0.481 e. The summed E-state index contributed by atoms with van der Waals surface area (Å²) in [5, 5.41) is 13.9. The molecule has 21 heavy (non-hydrogen) atoms. The molecule has 0 aliphatic rings. The SMILES string of the molecule is COc1cc(CNCCc2ccc([N+](=O)[O-])cc2)ccn1. The lowest BCUT2D eigenvalue weighted by Gasteiger charge is -2.06. The molecule has 1 N–H and O–H groups in total. The van der Waals surface area contributed by atoms with Gasteiger partial charge in [-0.05, 0) is 30.2 Å². The van der Waals surface area contributed by atoms with Crippen molar-refractivity contribution >= 4 is 5.69 Å². The first-order valence-corrected chi connectivity index (χ1v) is 6.62. The second-order valence-corrected chi connectivity index (χ2v) is 4.56. The van der Waals surface area contributed by atoms with Crippen LogP contribution in [-0.4, -0.2) is 23.6 Å². The van der Waals surface area contributed by atoms with Crippen LogP contribution in [0.15, 0.2) is 42.6 Å². The highest BCUT2D eigenvalue weighted by molar-refractivity contribution is 5.33. The van der Waals surface area contributed by atoms with Crippen molar-refractivity contribution in [3.8, 4) is 5.88 Å². The molecule has 0 unspecified atom stereocenters. The number of ether oxygens (including phenoxy) is 1. The van der Waals surface area contributed by atoms with Crippen LogP contribution in [0.25, 0.3) is 0 Å². The van der Waals surface area contributed by atoms with E-state index in [2.05, 4.69) is 10.3 Å². The van der Waals surface area contributed by atoms with Crippen LogP contribution in [0.1, 0.15) is 11.1 Å². The molecule has 6 heteroatoms. The first-order chi connectivity index (χ1) is 10.2. The van der Waals surface area contributed by atoms with Gasteiger partial charge in [-0.2, -0.15) is 0 Å². The Hall–Kier alpha value is -2.47. The maximum absolute atomic E-state index is 10.6. The van der Waals surface area contributed by atoms with Gasteiger partial charge in [-0.1, -0.05) is 12.1 Å². The lowest BCUT2D eigenvalue weighted by atomic mass is 10.1. The summed E-state index contributed by atoms with van der Waals surface area (Å²) >= 11 is 0. The molecule has 1 heterocycles. The number of hydrogen-bond donors (Lipinski definition) is 1. The van der Waals surface area contributed by atoms with Crippen molar-refractivity contribution in [3.63, 3.8) is 0 Å². The second-order valence-electron chi connectivity index (χ2n) is 4.56. The molecule has 1 aromatic heterocycles. The Morgan fingerprint density at radius 2 is 2.00 bits per heavy atom. The number of nitrogens with zero attached hydrogens (tertiary/aromatic N) is 2. The number of benzene rings is 1. The molecule has 2 aromatic rings. The Labute approximate surface area is 122 Å². The van der Waals surface area contributed by atoms with E-state index in [0.29, 0.717) is 5.88 Å². The number of methoxy groups -OCH3 is 1. The predicted molar refractivity (Wildman–Crippen MR) is 79.3 cm³/mol. The Balaban J connectivity index is 1.77. The standard InChI is InChI=1S/C15H17N3O3/c1-21-15-10-13(7-9-17-15)11-16-8-6-12-2-4-14(5-3-12)18(19)20/h2-5,7,9-10,16H,6,8,11H2,1H3. The van der Waals surface area contributed by atoms with Crippen molar-refractivity contribution in [2.75, 3.05) is 13.7 Å². The third-order valence-corrected chi connectivity index (χ3v) is 3.08. The van der Waals surface area contributed by atoms with Gasteiger partial charge in [0.2, 0.25) is 5.88 Å².